The molecule has 0 rings (SSSR count). The average Bonchev–Trinajstić information content (AvgIpc) is 1.97. The third-order valence-corrected chi connectivity index (χ3v) is 1.04. The van der Waals surface area contributed by atoms with Gasteiger partial charge in [-0.1, -0.05) is 0 Å². The van der Waals surface area contributed by atoms with Gasteiger partial charge in [-0.2, -0.15) is 4.39 Å². The molecule has 0 aliphatic heterocycles. The van der Waals surface area contributed by atoms with Gasteiger partial charge in [0.15, 0.2) is 0 Å². The van der Waals surface area contributed by atoms with Crippen molar-refractivity contribution in [2.75, 3.05) is 0 Å². The lowest BCUT2D eigenvalue weighted by Gasteiger charge is -1.97. The zero-order valence-corrected chi connectivity index (χ0v) is 6.15. The molecule has 7 heteroatoms. The summed E-state index contributed by atoms with van der Waals surface area (Å²) in [5, 5.41) is 24.3. The highest BCUT2D eigenvalue weighted by Crippen LogP contribution is 2.11. The van der Waals surface area contributed by atoms with E-state index in [2.05, 4.69) is 0 Å². The fourth-order valence-electron chi connectivity index (χ4n) is 0.527. The van der Waals surface area contributed by atoms with Gasteiger partial charge in [0.1, 0.15) is 0 Å². The van der Waals surface area contributed by atoms with E-state index in [-0.39, 0.29) is 0 Å². The number of halogens is 1. The molecule has 13 heavy (non-hydrogen) atoms. The van der Waals surface area contributed by atoms with Crippen molar-refractivity contribution in [3.63, 3.8) is 0 Å². The summed E-state index contributed by atoms with van der Waals surface area (Å²) in [6.07, 6.45) is -1.17. The summed E-state index contributed by atoms with van der Waals surface area (Å²) in [5.74, 6) is -7.58. The van der Waals surface area contributed by atoms with Crippen molar-refractivity contribution < 1.29 is 34.1 Å². The number of carboxylic acids is 3. The Morgan fingerprint density at radius 3 is 1.69 bits per heavy atom. The first-order valence-corrected chi connectivity index (χ1v) is 2.93. The number of aliphatic carboxylic acids is 3. The van der Waals surface area contributed by atoms with Gasteiger partial charge in [0.25, 0.3) is 0 Å². The quantitative estimate of drug-likeness (QED) is 0.534. The molecule has 0 saturated heterocycles. The topological polar surface area (TPSA) is 112 Å². The summed E-state index contributed by atoms with van der Waals surface area (Å²) in [5.41, 5.74) is -1.28. The summed E-state index contributed by atoms with van der Waals surface area (Å²) in [6, 6.07) is 0. The van der Waals surface area contributed by atoms with Crippen LogP contribution < -0.4 is 0 Å². The lowest BCUT2D eigenvalue weighted by atomic mass is 10.1. The first kappa shape index (κ1) is 11.1. The van der Waals surface area contributed by atoms with Gasteiger partial charge >= 0.3 is 17.9 Å². The standard InChI is InChI=1S/C6H5FO6/c7-4(6(12)13)2(5(10)11)1-3(8)9/h1H2,(H,8,9)(H,10,11)(H,12,13). The van der Waals surface area contributed by atoms with E-state index >= 15 is 0 Å². The van der Waals surface area contributed by atoms with E-state index < -0.39 is 35.7 Å². The molecule has 0 aromatic carbocycles. The Morgan fingerprint density at radius 1 is 1.00 bits per heavy atom. The minimum absolute atomic E-state index is 1.17. The number of carboxylic acid groups (broad SMARTS) is 3. The van der Waals surface area contributed by atoms with Gasteiger partial charge in [0.05, 0.1) is 12.0 Å². The fraction of sp³-hybridized carbons (Fsp3) is 0.167. The molecule has 0 fully saturated rings. The molecule has 0 aliphatic rings. The van der Waals surface area contributed by atoms with Crippen LogP contribution in [0.1, 0.15) is 6.42 Å². The number of rotatable bonds is 4. The summed E-state index contributed by atoms with van der Waals surface area (Å²) in [4.78, 5) is 30.1. The minimum Gasteiger partial charge on any atom is -0.481 e. The van der Waals surface area contributed by atoms with Crippen molar-refractivity contribution >= 4 is 17.9 Å². The second-order valence-corrected chi connectivity index (χ2v) is 1.97. The zero-order valence-electron chi connectivity index (χ0n) is 6.15. The van der Waals surface area contributed by atoms with E-state index in [1.54, 1.807) is 0 Å². The molecule has 0 radical (unpaired) electrons. The molecule has 0 amide bonds. The van der Waals surface area contributed by atoms with Crippen molar-refractivity contribution in [2.45, 2.75) is 6.42 Å². The SMILES string of the molecule is O=C(O)CC(C(=O)O)=C(F)C(=O)O. The van der Waals surface area contributed by atoms with Gasteiger partial charge in [-0.25, -0.2) is 9.59 Å². The van der Waals surface area contributed by atoms with E-state index in [1.165, 1.54) is 0 Å². The van der Waals surface area contributed by atoms with Crippen molar-refractivity contribution in [2.24, 2.45) is 0 Å². The molecule has 0 unspecified atom stereocenters. The van der Waals surface area contributed by atoms with Crippen LogP contribution in [0.3, 0.4) is 0 Å². The Labute approximate surface area is 70.9 Å². The molecule has 3 N–H and O–H groups in total. The van der Waals surface area contributed by atoms with Crippen LogP contribution in [0.2, 0.25) is 0 Å². The maximum Gasteiger partial charge on any atom is 0.365 e. The van der Waals surface area contributed by atoms with E-state index in [0.29, 0.717) is 0 Å². The molecular weight excluding hydrogens is 187 g/mol. The monoisotopic (exact) mass is 192 g/mol. The molecule has 0 aromatic rings. The van der Waals surface area contributed by atoms with Crippen LogP contribution in [0.5, 0.6) is 0 Å². The molecule has 0 saturated carbocycles. The average molecular weight is 192 g/mol. The van der Waals surface area contributed by atoms with Crippen LogP contribution >= 0.6 is 0 Å². The predicted molar refractivity (Wildman–Crippen MR) is 35.7 cm³/mol. The predicted octanol–water partition coefficient (Wildman–Crippen LogP) is -0.146. The Balaban J connectivity index is 5.00. The third-order valence-electron chi connectivity index (χ3n) is 1.04. The van der Waals surface area contributed by atoms with Crippen LogP contribution in [0.4, 0.5) is 4.39 Å². The Bertz CT molecular complexity index is 291. The lowest BCUT2D eigenvalue weighted by Crippen LogP contribution is -2.12. The first-order chi connectivity index (χ1) is 5.86. The molecule has 0 spiro atoms. The van der Waals surface area contributed by atoms with Crippen LogP contribution in [-0.2, 0) is 14.4 Å². The smallest absolute Gasteiger partial charge is 0.365 e. The van der Waals surface area contributed by atoms with Gasteiger partial charge < -0.3 is 15.3 Å². The van der Waals surface area contributed by atoms with Gasteiger partial charge in [-0.15, -0.1) is 0 Å². The largest absolute Gasteiger partial charge is 0.481 e. The summed E-state index contributed by atoms with van der Waals surface area (Å²) in [7, 11) is 0. The Hall–Kier alpha value is -1.92. The maximum absolute atomic E-state index is 12.4. The fourth-order valence-corrected chi connectivity index (χ4v) is 0.527. The van der Waals surface area contributed by atoms with Crippen molar-refractivity contribution in [1.29, 1.82) is 0 Å². The second-order valence-electron chi connectivity index (χ2n) is 1.97. The molecule has 0 heterocycles. The highest BCUT2D eigenvalue weighted by molar-refractivity contribution is 6.00. The molecule has 0 aliphatic carbocycles. The number of carbonyl (C=O) groups is 3. The van der Waals surface area contributed by atoms with Gasteiger partial charge in [0.2, 0.25) is 5.83 Å². The minimum atomic E-state index is -2.10. The molecule has 0 aromatic heterocycles. The lowest BCUT2D eigenvalue weighted by molar-refractivity contribution is -0.140. The van der Waals surface area contributed by atoms with Crippen LogP contribution in [0.15, 0.2) is 11.4 Å². The van der Waals surface area contributed by atoms with E-state index in [0.717, 1.165) is 0 Å². The maximum atomic E-state index is 12.4. The van der Waals surface area contributed by atoms with E-state index in [1.807, 2.05) is 0 Å². The molecule has 0 bridgehead atoms. The van der Waals surface area contributed by atoms with E-state index in [4.69, 9.17) is 15.3 Å². The number of hydrogen-bond donors (Lipinski definition) is 3. The van der Waals surface area contributed by atoms with Crippen LogP contribution in [0.25, 0.3) is 0 Å². The van der Waals surface area contributed by atoms with Crippen LogP contribution in [0, 0.1) is 0 Å². The third kappa shape index (κ3) is 3.32. The summed E-state index contributed by atoms with van der Waals surface area (Å²) >= 11 is 0. The molecule has 72 valence electrons. The molecular formula is C6H5FO6. The van der Waals surface area contributed by atoms with Crippen LogP contribution in [-0.4, -0.2) is 33.2 Å². The second kappa shape index (κ2) is 4.19. The highest BCUT2D eigenvalue weighted by atomic mass is 19.1. The van der Waals surface area contributed by atoms with Gasteiger partial charge in [0, 0.05) is 0 Å². The normalized spacial score (nSPS) is 11.8. The number of hydrogen-bond acceptors (Lipinski definition) is 3. The zero-order chi connectivity index (χ0) is 10.6. The molecule has 6 nitrogen and oxygen atoms in total. The van der Waals surface area contributed by atoms with Crippen molar-refractivity contribution in [1.82, 2.24) is 0 Å². The first-order valence-electron chi connectivity index (χ1n) is 2.93. The van der Waals surface area contributed by atoms with Gasteiger partial charge in [-0.05, 0) is 0 Å². The highest BCUT2D eigenvalue weighted by Gasteiger charge is 2.22. The summed E-state index contributed by atoms with van der Waals surface area (Å²) in [6.45, 7) is 0. The Morgan fingerprint density at radius 2 is 1.46 bits per heavy atom. The van der Waals surface area contributed by atoms with E-state index in [9.17, 15) is 18.8 Å². The summed E-state index contributed by atoms with van der Waals surface area (Å²) < 4.78 is 12.4. The van der Waals surface area contributed by atoms with Crippen molar-refractivity contribution in [3.05, 3.63) is 11.4 Å². The van der Waals surface area contributed by atoms with Crippen molar-refractivity contribution in [3.8, 4) is 0 Å². The van der Waals surface area contributed by atoms with Gasteiger partial charge in [-0.3, -0.25) is 4.79 Å². The Kier molecular flexibility index (Phi) is 3.57. The molecule has 0 atom stereocenters.